The summed E-state index contributed by atoms with van der Waals surface area (Å²) in [6.07, 6.45) is 1.09. The van der Waals surface area contributed by atoms with Crippen molar-refractivity contribution in [2.24, 2.45) is 5.92 Å². The van der Waals surface area contributed by atoms with Crippen LogP contribution in [0.1, 0.15) is 51.3 Å². The third-order valence-electron chi connectivity index (χ3n) is 8.45. The van der Waals surface area contributed by atoms with Gasteiger partial charge < -0.3 is 14.7 Å². The summed E-state index contributed by atoms with van der Waals surface area (Å²) in [5.74, 6) is -0.960. The lowest BCUT2D eigenvalue weighted by Crippen LogP contribution is -2.45. The standard InChI is InChI=1S/C27H36ClFN5O6PSi/c1-15-18(13-38-41(36)37-10-9-21(39-41)17-11-16(28)7-8-19(17)29)22(40-42(5,6)27(2,3)4)12-20(15)34-14-31-23-24(34)32-26(30)33-25(23)35/h7-8,11,14,18,20-22H,1,9-10,12-13H2,2-6H3,(H3,30,32,33,35)/t18-,20?,21+,22-,41-/m0/s1. The number of anilines is 1. The average molecular weight is 640 g/mol. The Kier molecular flexibility index (Phi) is 8.34. The van der Waals surface area contributed by atoms with E-state index < -0.39 is 39.5 Å². The first-order valence-electron chi connectivity index (χ1n) is 13.7. The van der Waals surface area contributed by atoms with Gasteiger partial charge in [0.2, 0.25) is 5.95 Å². The van der Waals surface area contributed by atoms with E-state index in [4.69, 9.17) is 35.3 Å². The van der Waals surface area contributed by atoms with E-state index >= 15 is 0 Å². The summed E-state index contributed by atoms with van der Waals surface area (Å²) in [5.41, 5.74) is 6.78. The van der Waals surface area contributed by atoms with Gasteiger partial charge in [-0.3, -0.25) is 23.3 Å². The number of benzene rings is 1. The van der Waals surface area contributed by atoms with Crippen molar-refractivity contribution in [2.75, 3.05) is 18.9 Å². The van der Waals surface area contributed by atoms with Crippen molar-refractivity contribution < 1.29 is 27.0 Å². The molecule has 2 aromatic heterocycles. The van der Waals surface area contributed by atoms with Crippen LogP contribution in [-0.4, -0.2) is 47.2 Å². The van der Waals surface area contributed by atoms with Crippen LogP contribution in [0.2, 0.25) is 23.2 Å². The summed E-state index contributed by atoms with van der Waals surface area (Å²) in [7, 11) is -6.36. The predicted octanol–water partition coefficient (Wildman–Crippen LogP) is 6.30. The SMILES string of the molecule is C=C1C(n2cnc3c(=O)[nH]c(N)nc32)C[C@H](O[Si](C)(C)C(C)(C)C)[C@H]1CO[P@]1(=O)OCC[C@H](c2cc(Cl)ccc2F)O1. The molecule has 42 heavy (non-hydrogen) atoms. The summed E-state index contributed by atoms with van der Waals surface area (Å²) in [6, 6.07) is 3.77. The molecule has 0 spiro atoms. The molecule has 1 saturated heterocycles. The third-order valence-corrected chi connectivity index (χ3v) is 14.7. The number of rotatable bonds is 7. The number of H-pyrrole nitrogens is 1. The Morgan fingerprint density at radius 2 is 2.10 bits per heavy atom. The van der Waals surface area contributed by atoms with Crippen molar-refractivity contribution in [1.29, 1.82) is 0 Å². The van der Waals surface area contributed by atoms with Crippen LogP contribution in [0.5, 0.6) is 0 Å². The van der Waals surface area contributed by atoms with Gasteiger partial charge in [0.1, 0.15) is 5.82 Å². The molecule has 2 aliphatic rings. The molecule has 15 heteroatoms. The number of aromatic nitrogens is 4. The summed E-state index contributed by atoms with van der Waals surface area (Å²) < 4.78 is 53.9. The van der Waals surface area contributed by atoms with E-state index in [2.05, 4.69) is 55.4 Å². The molecule has 11 nitrogen and oxygen atoms in total. The topological polar surface area (TPSA) is 144 Å². The molecule has 3 N–H and O–H groups in total. The average Bonchev–Trinajstić information content (AvgIpc) is 3.43. The molecule has 2 fully saturated rings. The molecule has 0 radical (unpaired) electrons. The largest absolute Gasteiger partial charge is 0.475 e. The fourth-order valence-electron chi connectivity index (χ4n) is 5.11. The minimum absolute atomic E-state index is 0.0257. The number of nitrogens with two attached hydrogens (primary N) is 1. The van der Waals surface area contributed by atoms with Crippen molar-refractivity contribution in [3.8, 4) is 0 Å². The summed E-state index contributed by atoms with van der Waals surface area (Å²) in [6.45, 7) is 15.1. The Bertz CT molecular complexity index is 1620. The van der Waals surface area contributed by atoms with Crippen molar-refractivity contribution in [3.05, 3.63) is 63.4 Å². The number of aromatic amines is 1. The maximum Gasteiger partial charge on any atom is 0.475 e. The molecule has 3 heterocycles. The first kappa shape index (κ1) is 31.1. The number of nitrogens with zero attached hydrogens (tertiary/aromatic N) is 3. The van der Waals surface area contributed by atoms with Crippen molar-refractivity contribution >= 4 is 44.9 Å². The van der Waals surface area contributed by atoms with Crippen molar-refractivity contribution in [1.82, 2.24) is 19.5 Å². The van der Waals surface area contributed by atoms with Gasteiger partial charge in [-0.15, -0.1) is 0 Å². The first-order chi connectivity index (χ1) is 19.6. The van der Waals surface area contributed by atoms with Crippen LogP contribution in [0, 0.1) is 11.7 Å². The first-order valence-corrected chi connectivity index (χ1v) is 18.4. The number of fused-ring (bicyclic) bond motifs is 1. The molecule has 0 bridgehead atoms. The second kappa shape index (κ2) is 11.3. The number of hydrogen-bond acceptors (Lipinski definition) is 9. The Labute approximate surface area is 249 Å². The molecular formula is C27H36ClFN5O6PSi. The summed E-state index contributed by atoms with van der Waals surface area (Å²) >= 11 is 6.07. The zero-order valence-corrected chi connectivity index (χ0v) is 26.9. The zero-order valence-electron chi connectivity index (χ0n) is 24.2. The molecule has 1 aliphatic heterocycles. The molecule has 228 valence electrons. The zero-order chi connectivity index (χ0) is 30.6. The Morgan fingerprint density at radius 3 is 2.81 bits per heavy atom. The van der Waals surface area contributed by atoms with Crippen LogP contribution in [-0.2, 0) is 22.6 Å². The number of phosphoric acid groups is 1. The lowest BCUT2D eigenvalue weighted by molar-refractivity contribution is 0.0164. The number of nitrogens with one attached hydrogen (secondary N) is 1. The van der Waals surface area contributed by atoms with Crippen LogP contribution >= 0.6 is 19.4 Å². The molecule has 1 unspecified atom stereocenters. The lowest BCUT2D eigenvalue weighted by atomic mass is 10.0. The monoisotopic (exact) mass is 639 g/mol. The summed E-state index contributed by atoms with van der Waals surface area (Å²) in [4.78, 5) is 23.4. The second-order valence-corrected chi connectivity index (χ2v) is 19.1. The van der Waals surface area contributed by atoms with E-state index in [0.29, 0.717) is 17.1 Å². The molecule has 3 aromatic rings. The Balaban J connectivity index is 1.42. The molecule has 5 atom stereocenters. The number of hydrogen-bond donors (Lipinski definition) is 2. The molecular weight excluding hydrogens is 604 g/mol. The molecule has 0 amide bonds. The number of phosphoric ester groups is 1. The van der Waals surface area contributed by atoms with Crippen LogP contribution in [0.25, 0.3) is 11.2 Å². The Morgan fingerprint density at radius 1 is 1.36 bits per heavy atom. The van der Waals surface area contributed by atoms with E-state index in [1.54, 1.807) is 4.57 Å². The highest BCUT2D eigenvalue weighted by atomic mass is 35.5. The fourth-order valence-corrected chi connectivity index (χ4v) is 8.06. The molecule has 1 aliphatic carbocycles. The molecule has 5 rings (SSSR count). The van der Waals surface area contributed by atoms with Crippen LogP contribution in [0.3, 0.4) is 0 Å². The highest BCUT2D eigenvalue weighted by Crippen LogP contribution is 2.58. The number of nitrogen functional groups attached to an aromatic ring is 1. The van der Waals surface area contributed by atoms with Gasteiger partial charge in [0.05, 0.1) is 37.8 Å². The van der Waals surface area contributed by atoms with Crippen molar-refractivity contribution in [2.45, 2.75) is 70.0 Å². The maximum absolute atomic E-state index is 14.6. The quantitative estimate of drug-likeness (QED) is 0.173. The smallest absolute Gasteiger partial charge is 0.413 e. The van der Waals surface area contributed by atoms with E-state index in [-0.39, 0.29) is 53.8 Å². The van der Waals surface area contributed by atoms with E-state index in [0.717, 1.165) is 5.57 Å². The number of halogens is 2. The second-order valence-electron chi connectivity index (χ2n) is 12.2. The van der Waals surface area contributed by atoms with Gasteiger partial charge >= 0.3 is 7.82 Å². The van der Waals surface area contributed by atoms with Crippen LogP contribution in [0.4, 0.5) is 10.3 Å². The van der Waals surface area contributed by atoms with Gasteiger partial charge in [-0.1, -0.05) is 39.0 Å². The van der Waals surface area contributed by atoms with E-state index in [1.165, 1.54) is 24.5 Å². The highest BCUT2D eigenvalue weighted by molar-refractivity contribution is 7.48. The fraction of sp³-hybridized carbons (Fsp3) is 0.519. The van der Waals surface area contributed by atoms with Gasteiger partial charge in [-0.2, -0.15) is 4.98 Å². The van der Waals surface area contributed by atoms with Gasteiger partial charge in [-0.25, -0.2) is 13.9 Å². The predicted molar refractivity (Wildman–Crippen MR) is 160 cm³/mol. The van der Waals surface area contributed by atoms with Gasteiger partial charge in [0.25, 0.3) is 5.56 Å². The van der Waals surface area contributed by atoms with E-state index in [9.17, 15) is 13.8 Å². The lowest BCUT2D eigenvalue weighted by Gasteiger charge is -2.40. The van der Waals surface area contributed by atoms with Crippen molar-refractivity contribution in [3.63, 3.8) is 0 Å². The van der Waals surface area contributed by atoms with Crippen LogP contribution < -0.4 is 11.3 Å². The molecule has 1 aromatic carbocycles. The molecule has 1 saturated carbocycles. The highest BCUT2D eigenvalue weighted by Gasteiger charge is 2.48. The summed E-state index contributed by atoms with van der Waals surface area (Å²) in [5, 5.41) is 0.251. The maximum atomic E-state index is 14.6. The van der Waals surface area contributed by atoms with Gasteiger partial charge in [0, 0.05) is 22.9 Å². The van der Waals surface area contributed by atoms with Gasteiger partial charge in [0.15, 0.2) is 19.5 Å². The minimum Gasteiger partial charge on any atom is -0.413 e. The minimum atomic E-state index is -4.08. The van der Waals surface area contributed by atoms with Gasteiger partial charge in [-0.05, 0) is 48.3 Å². The van der Waals surface area contributed by atoms with E-state index in [1.807, 2.05) is 0 Å². The third kappa shape index (κ3) is 6.01. The Hall–Kier alpha value is -2.38. The normalized spacial score (nSPS) is 27.2. The number of imidazole rings is 1. The van der Waals surface area contributed by atoms with Crippen LogP contribution in [0.15, 0.2) is 41.5 Å².